The lowest BCUT2D eigenvalue weighted by molar-refractivity contribution is 0.382. The fourth-order valence-corrected chi connectivity index (χ4v) is 4.15. The molecule has 0 aliphatic heterocycles. The van der Waals surface area contributed by atoms with Crippen LogP contribution in [0.15, 0.2) is 18.2 Å². The topological polar surface area (TPSA) is 9.23 Å². The van der Waals surface area contributed by atoms with Gasteiger partial charge in [0.25, 0.3) is 8.32 Å². The van der Waals surface area contributed by atoms with E-state index in [0.717, 1.165) is 25.2 Å². The third-order valence-corrected chi connectivity index (χ3v) is 5.41. The van der Waals surface area contributed by atoms with Crippen LogP contribution in [0.2, 0.25) is 13.1 Å². The molecule has 0 aliphatic carbocycles. The fraction of sp³-hybridized carbons (Fsp3) is 0.143. The molecule has 9 heteroatoms. The Kier molecular flexibility index (Phi) is 4.42. The van der Waals surface area contributed by atoms with E-state index in [9.17, 15) is 30.7 Å². The maximum Gasteiger partial charge on any atom is 0.282 e. The number of rotatable bonds is 3. The first kappa shape index (κ1) is 17.3. The summed E-state index contributed by atoms with van der Waals surface area (Å²) in [7, 11) is -3.77. The first-order valence-electron chi connectivity index (χ1n) is 6.21. The Bertz CT molecular complexity index is 727. The van der Waals surface area contributed by atoms with Crippen molar-refractivity contribution in [1.29, 1.82) is 0 Å². The van der Waals surface area contributed by atoms with Gasteiger partial charge in [0.15, 0.2) is 23.3 Å². The molecule has 2 aromatic rings. The fourth-order valence-electron chi connectivity index (χ4n) is 2.07. The van der Waals surface area contributed by atoms with Crippen molar-refractivity contribution >= 4 is 13.5 Å². The highest BCUT2D eigenvalue weighted by molar-refractivity contribution is 6.85. The van der Waals surface area contributed by atoms with Crippen LogP contribution in [0.3, 0.4) is 0 Å². The van der Waals surface area contributed by atoms with Crippen molar-refractivity contribution in [2.24, 2.45) is 0 Å². The molecular formula is C14H9F7OSi. The molecule has 0 spiro atoms. The van der Waals surface area contributed by atoms with Crippen LogP contribution in [0.25, 0.3) is 0 Å². The van der Waals surface area contributed by atoms with Gasteiger partial charge in [-0.2, -0.15) is 0 Å². The smallest absolute Gasteiger partial charge is 0.282 e. The molecule has 0 heterocycles. The molecule has 0 aromatic heterocycles. The van der Waals surface area contributed by atoms with Crippen molar-refractivity contribution in [3.8, 4) is 5.75 Å². The van der Waals surface area contributed by atoms with E-state index in [1.54, 1.807) is 0 Å². The van der Waals surface area contributed by atoms with Crippen LogP contribution in [0.4, 0.5) is 30.7 Å². The van der Waals surface area contributed by atoms with Crippen LogP contribution >= 0.6 is 0 Å². The van der Waals surface area contributed by atoms with Gasteiger partial charge in [-0.15, -0.1) is 0 Å². The second kappa shape index (κ2) is 5.87. The minimum atomic E-state index is -3.77. The Morgan fingerprint density at radius 2 is 1.04 bits per heavy atom. The van der Waals surface area contributed by atoms with Crippen LogP contribution in [0.1, 0.15) is 0 Å². The molecule has 0 N–H and O–H groups in total. The standard InChI is InChI=1S/C14H9F7OSi/c1-23(2,22-8-4-6(15)3-7(16)5-8)14-12(20)10(18)9(17)11(19)13(14)21/h3-5H,1-2H3. The van der Waals surface area contributed by atoms with E-state index in [0.29, 0.717) is 6.07 Å². The van der Waals surface area contributed by atoms with Crippen molar-refractivity contribution in [2.45, 2.75) is 13.1 Å². The zero-order chi connectivity index (χ0) is 17.5. The van der Waals surface area contributed by atoms with Gasteiger partial charge in [0.1, 0.15) is 17.4 Å². The van der Waals surface area contributed by atoms with Gasteiger partial charge in [-0.1, -0.05) is 0 Å². The molecule has 0 radical (unpaired) electrons. The van der Waals surface area contributed by atoms with Crippen LogP contribution in [-0.4, -0.2) is 8.32 Å². The third-order valence-electron chi connectivity index (χ3n) is 3.02. The molecule has 2 aromatic carbocycles. The van der Waals surface area contributed by atoms with E-state index in [4.69, 9.17) is 4.43 Å². The summed E-state index contributed by atoms with van der Waals surface area (Å²) in [6, 6.07) is 2.02. The first-order valence-corrected chi connectivity index (χ1v) is 9.12. The van der Waals surface area contributed by atoms with Crippen LogP contribution in [-0.2, 0) is 0 Å². The van der Waals surface area contributed by atoms with E-state index < -0.39 is 60.0 Å². The van der Waals surface area contributed by atoms with E-state index >= 15 is 0 Å². The van der Waals surface area contributed by atoms with Gasteiger partial charge in [-0.25, -0.2) is 30.7 Å². The molecule has 0 unspecified atom stereocenters. The molecule has 0 fully saturated rings. The lowest BCUT2D eigenvalue weighted by atomic mass is 10.3. The van der Waals surface area contributed by atoms with E-state index in [1.165, 1.54) is 0 Å². The van der Waals surface area contributed by atoms with Gasteiger partial charge >= 0.3 is 0 Å². The van der Waals surface area contributed by atoms with Gasteiger partial charge in [0.2, 0.25) is 5.82 Å². The molecule has 2 rings (SSSR count). The summed E-state index contributed by atoms with van der Waals surface area (Å²) in [4.78, 5) is 0. The molecule has 124 valence electrons. The second-order valence-electron chi connectivity index (χ2n) is 5.16. The molecule has 0 amide bonds. The Labute approximate surface area is 127 Å². The highest BCUT2D eigenvalue weighted by Gasteiger charge is 2.39. The molecule has 1 nitrogen and oxygen atoms in total. The lowest BCUT2D eigenvalue weighted by Gasteiger charge is -2.25. The van der Waals surface area contributed by atoms with Crippen LogP contribution < -0.4 is 9.61 Å². The van der Waals surface area contributed by atoms with E-state index in [1.807, 2.05) is 0 Å². The van der Waals surface area contributed by atoms with Gasteiger partial charge in [0.05, 0.1) is 5.19 Å². The van der Waals surface area contributed by atoms with Crippen molar-refractivity contribution in [3.63, 3.8) is 0 Å². The van der Waals surface area contributed by atoms with E-state index in [-0.39, 0.29) is 0 Å². The summed E-state index contributed by atoms with van der Waals surface area (Å²) in [5, 5.41) is -1.11. The van der Waals surface area contributed by atoms with E-state index in [2.05, 4.69) is 0 Å². The summed E-state index contributed by atoms with van der Waals surface area (Å²) in [5.41, 5.74) is 0. The summed E-state index contributed by atoms with van der Waals surface area (Å²) in [6.45, 7) is 2.27. The number of benzene rings is 2. The normalized spacial score (nSPS) is 11.7. The first-order chi connectivity index (χ1) is 10.5. The molecule has 0 bridgehead atoms. The molecule has 23 heavy (non-hydrogen) atoms. The lowest BCUT2D eigenvalue weighted by Crippen LogP contribution is -2.52. The Hall–Kier alpha value is -2.03. The highest BCUT2D eigenvalue weighted by atomic mass is 28.4. The van der Waals surface area contributed by atoms with Gasteiger partial charge in [0, 0.05) is 18.2 Å². The summed E-state index contributed by atoms with van der Waals surface area (Å²) in [6.07, 6.45) is 0. The summed E-state index contributed by atoms with van der Waals surface area (Å²) in [5.74, 6) is -13.0. The van der Waals surface area contributed by atoms with Gasteiger partial charge in [-0.05, 0) is 13.1 Å². The second-order valence-corrected chi connectivity index (χ2v) is 8.89. The zero-order valence-electron chi connectivity index (χ0n) is 11.8. The van der Waals surface area contributed by atoms with Crippen molar-refractivity contribution in [3.05, 3.63) is 58.9 Å². The third kappa shape index (κ3) is 3.19. The van der Waals surface area contributed by atoms with Crippen LogP contribution in [0, 0.1) is 40.7 Å². The average molecular weight is 354 g/mol. The van der Waals surface area contributed by atoms with Crippen molar-refractivity contribution in [2.75, 3.05) is 0 Å². The monoisotopic (exact) mass is 354 g/mol. The number of halogens is 7. The molecular weight excluding hydrogens is 345 g/mol. The Balaban J connectivity index is 2.56. The maximum absolute atomic E-state index is 13.8. The Morgan fingerprint density at radius 1 is 0.652 bits per heavy atom. The van der Waals surface area contributed by atoms with Crippen LogP contribution in [0.5, 0.6) is 5.75 Å². The predicted molar refractivity (Wildman–Crippen MR) is 70.3 cm³/mol. The summed E-state index contributed by atoms with van der Waals surface area (Å²) >= 11 is 0. The SMILES string of the molecule is C[Si](C)(Oc1cc(F)cc(F)c1)c1c(F)c(F)c(F)c(F)c1F. The minimum Gasteiger partial charge on any atom is -0.539 e. The molecule has 0 atom stereocenters. The largest absolute Gasteiger partial charge is 0.539 e. The predicted octanol–water partition coefficient (Wildman–Crippen LogP) is 4.15. The average Bonchev–Trinajstić information content (AvgIpc) is 2.41. The Morgan fingerprint density at radius 3 is 1.48 bits per heavy atom. The van der Waals surface area contributed by atoms with Crippen molar-refractivity contribution < 1.29 is 35.2 Å². The summed E-state index contributed by atoms with van der Waals surface area (Å²) < 4.78 is 98.8. The highest BCUT2D eigenvalue weighted by Crippen LogP contribution is 2.23. The molecule has 0 aliphatic rings. The number of hydrogen-bond acceptors (Lipinski definition) is 1. The minimum absolute atomic E-state index is 0.414. The maximum atomic E-state index is 13.8. The zero-order valence-corrected chi connectivity index (χ0v) is 12.8. The number of hydrogen-bond donors (Lipinski definition) is 0. The molecule has 0 saturated carbocycles. The quantitative estimate of drug-likeness (QED) is 0.348. The molecule has 0 saturated heterocycles. The van der Waals surface area contributed by atoms with Crippen molar-refractivity contribution in [1.82, 2.24) is 0 Å². The van der Waals surface area contributed by atoms with Gasteiger partial charge in [-0.3, -0.25) is 0 Å². The van der Waals surface area contributed by atoms with Gasteiger partial charge < -0.3 is 4.43 Å².